The van der Waals surface area contributed by atoms with Gasteiger partial charge in [-0.1, -0.05) is 29.3 Å². The summed E-state index contributed by atoms with van der Waals surface area (Å²) in [6.07, 6.45) is 1.27. The lowest BCUT2D eigenvalue weighted by Crippen LogP contribution is -2.54. The van der Waals surface area contributed by atoms with Gasteiger partial charge >= 0.3 is 6.03 Å². The summed E-state index contributed by atoms with van der Waals surface area (Å²) in [5.41, 5.74) is -0.166. The zero-order valence-corrected chi connectivity index (χ0v) is 13.8. The van der Waals surface area contributed by atoms with Gasteiger partial charge in [-0.2, -0.15) is 0 Å². The maximum atomic E-state index is 12.7. The summed E-state index contributed by atoms with van der Waals surface area (Å²) in [6.45, 7) is 1.73. The summed E-state index contributed by atoms with van der Waals surface area (Å²) < 4.78 is 5.33. The van der Waals surface area contributed by atoms with E-state index in [1.165, 1.54) is 18.2 Å². The SMILES string of the molecule is Cc1ccc(C=C2C(=O)NC(=O)N(c3cccc(Cl)c3Cl)C2=O)o1. The van der Waals surface area contributed by atoms with E-state index in [0.717, 1.165) is 4.90 Å². The molecule has 0 saturated carbocycles. The van der Waals surface area contributed by atoms with Crippen LogP contribution in [0.4, 0.5) is 10.5 Å². The fourth-order valence-electron chi connectivity index (χ4n) is 2.21. The quantitative estimate of drug-likeness (QED) is 0.652. The minimum Gasteiger partial charge on any atom is -0.462 e. The molecular weight excluding hydrogens is 355 g/mol. The Morgan fingerprint density at radius 1 is 1.12 bits per heavy atom. The second-order valence-electron chi connectivity index (χ2n) is 4.98. The number of benzene rings is 1. The number of barbiturate groups is 1. The van der Waals surface area contributed by atoms with Crippen molar-refractivity contribution in [1.29, 1.82) is 0 Å². The molecule has 24 heavy (non-hydrogen) atoms. The zero-order chi connectivity index (χ0) is 17.4. The highest BCUT2D eigenvalue weighted by Crippen LogP contribution is 2.34. The summed E-state index contributed by atoms with van der Waals surface area (Å²) in [4.78, 5) is 37.5. The minimum absolute atomic E-state index is 0.0326. The van der Waals surface area contributed by atoms with Crippen LogP contribution in [0, 0.1) is 6.92 Å². The van der Waals surface area contributed by atoms with Gasteiger partial charge in [0.15, 0.2) is 0 Å². The Hall–Kier alpha value is -2.57. The molecule has 0 atom stereocenters. The Kier molecular flexibility index (Phi) is 4.17. The van der Waals surface area contributed by atoms with Crippen LogP contribution in [0.15, 0.2) is 40.3 Å². The van der Waals surface area contributed by atoms with Crippen molar-refractivity contribution in [2.75, 3.05) is 4.90 Å². The van der Waals surface area contributed by atoms with Crippen molar-refractivity contribution < 1.29 is 18.8 Å². The van der Waals surface area contributed by atoms with Crippen LogP contribution in [0.5, 0.6) is 0 Å². The number of amides is 4. The van der Waals surface area contributed by atoms with E-state index in [1.807, 2.05) is 0 Å². The lowest BCUT2D eigenvalue weighted by Gasteiger charge is -2.27. The minimum atomic E-state index is -0.901. The molecule has 1 aliphatic heterocycles. The number of hydrogen-bond donors (Lipinski definition) is 1. The van der Waals surface area contributed by atoms with Crippen LogP contribution in [0.1, 0.15) is 11.5 Å². The molecule has 6 nitrogen and oxygen atoms in total. The number of anilines is 1. The molecule has 1 aliphatic rings. The molecule has 1 aromatic carbocycles. The summed E-state index contributed by atoms with van der Waals surface area (Å²) in [7, 11) is 0. The van der Waals surface area contributed by atoms with Gasteiger partial charge < -0.3 is 4.42 Å². The van der Waals surface area contributed by atoms with E-state index in [1.54, 1.807) is 25.1 Å². The van der Waals surface area contributed by atoms with Gasteiger partial charge in [0.1, 0.15) is 17.1 Å². The van der Waals surface area contributed by atoms with Crippen molar-refractivity contribution in [2.24, 2.45) is 0 Å². The molecule has 0 radical (unpaired) electrons. The Morgan fingerprint density at radius 2 is 1.88 bits per heavy atom. The molecule has 4 amide bonds. The number of nitrogens with zero attached hydrogens (tertiary/aromatic N) is 1. The molecule has 0 aliphatic carbocycles. The summed E-state index contributed by atoms with van der Waals surface area (Å²) in [5.74, 6) is -0.691. The molecule has 0 bridgehead atoms. The average Bonchev–Trinajstić information content (AvgIpc) is 2.93. The van der Waals surface area contributed by atoms with Crippen molar-refractivity contribution in [3.8, 4) is 0 Å². The molecule has 0 unspecified atom stereocenters. The number of urea groups is 1. The Morgan fingerprint density at radius 3 is 2.54 bits per heavy atom. The van der Waals surface area contributed by atoms with Crippen LogP contribution in [0.2, 0.25) is 10.0 Å². The largest absolute Gasteiger partial charge is 0.462 e. The van der Waals surface area contributed by atoms with Gasteiger partial charge in [0, 0.05) is 0 Å². The highest BCUT2D eigenvalue weighted by atomic mass is 35.5. The van der Waals surface area contributed by atoms with E-state index in [-0.39, 0.29) is 21.3 Å². The number of halogens is 2. The molecule has 2 heterocycles. The third-order valence-corrected chi connectivity index (χ3v) is 4.13. The second kappa shape index (κ2) is 6.14. The maximum Gasteiger partial charge on any atom is 0.336 e. The monoisotopic (exact) mass is 364 g/mol. The van der Waals surface area contributed by atoms with Gasteiger partial charge in [0.05, 0.1) is 15.7 Å². The third-order valence-electron chi connectivity index (χ3n) is 3.32. The van der Waals surface area contributed by atoms with Gasteiger partial charge in [-0.05, 0) is 37.3 Å². The maximum absolute atomic E-state index is 12.7. The van der Waals surface area contributed by atoms with Gasteiger partial charge in [-0.15, -0.1) is 0 Å². The second-order valence-corrected chi connectivity index (χ2v) is 5.76. The van der Waals surface area contributed by atoms with Gasteiger partial charge in [0.25, 0.3) is 11.8 Å². The predicted molar refractivity (Wildman–Crippen MR) is 88.9 cm³/mol. The Balaban J connectivity index is 2.06. The number of carbonyl (C=O) groups is 3. The Labute approximate surface area is 146 Å². The Bertz CT molecular complexity index is 901. The fourth-order valence-corrected chi connectivity index (χ4v) is 2.59. The zero-order valence-electron chi connectivity index (χ0n) is 12.3. The third kappa shape index (κ3) is 2.81. The summed E-state index contributed by atoms with van der Waals surface area (Å²) in [6, 6.07) is 6.91. The number of furan rings is 1. The molecule has 1 aromatic heterocycles. The molecule has 1 N–H and O–H groups in total. The van der Waals surface area contributed by atoms with Crippen LogP contribution in [-0.4, -0.2) is 17.8 Å². The first-order valence-electron chi connectivity index (χ1n) is 6.80. The van der Waals surface area contributed by atoms with Crippen molar-refractivity contribution in [3.05, 3.63) is 57.5 Å². The lowest BCUT2D eigenvalue weighted by atomic mass is 10.1. The standard InChI is InChI=1S/C16H10Cl2N2O4/c1-8-5-6-9(24-8)7-10-14(21)19-16(23)20(15(10)22)12-4-2-3-11(17)13(12)18/h2-7H,1H3,(H,19,21,23). The van der Waals surface area contributed by atoms with Crippen LogP contribution in [-0.2, 0) is 9.59 Å². The first-order valence-corrected chi connectivity index (χ1v) is 7.56. The first kappa shape index (κ1) is 16.3. The molecule has 3 rings (SSSR count). The average molecular weight is 365 g/mol. The van der Waals surface area contributed by atoms with Crippen LogP contribution >= 0.6 is 23.2 Å². The molecule has 0 spiro atoms. The number of nitrogens with one attached hydrogen (secondary N) is 1. The van der Waals surface area contributed by atoms with Crippen LogP contribution in [0.25, 0.3) is 6.08 Å². The summed E-state index contributed by atoms with van der Waals surface area (Å²) in [5, 5.41) is 2.31. The molecule has 2 aromatic rings. The van der Waals surface area contributed by atoms with E-state index in [2.05, 4.69) is 5.32 Å². The van der Waals surface area contributed by atoms with E-state index in [9.17, 15) is 14.4 Å². The van der Waals surface area contributed by atoms with E-state index in [0.29, 0.717) is 11.5 Å². The van der Waals surface area contributed by atoms with Crippen LogP contribution in [0.3, 0.4) is 0 Å². The smallest absolute Gasteiger partial charge is 0.336 e. The van der Waals surface area contributed by atoms with Gasteiger partial charge in [-0.3, -0.25) is 14.9 Å². The fraction of sp³-hybridized carbons (Fsp3) is 0.0625. The summed E-state index contributed by atoms with van der Waals surface area (Å²) >= 11 is 12.0. The van der Waals surface area contributed by atoms with Crippen molar-refractivity contribution in [1.82, 2.24) is 5.32 Å². The molecule has 8 heteroatoms. The van der Waals surface area contributed by atoms with Crippen molar-refractivity contribution >= 4 is 52.8 Å². The number of aryl methyl sites for hydroxylation is 1. The molecule has 122 valence electrons. The van der Waals surface area contributed by atoms with Crippen molar-refractivity contribution in [3.63, 3.8) is 0 Å². The topological polar surface area (TPSA) is 79.6 Å². The van der Waals surface area contributed by atoms with Gasteiger partial charge in [-0.25, -0.2) is 9.69 Å². The van der Waals surface area contributed by atoms with Crippen molar-refractivity contribution in [2.45, 2.75) is 6.92 Å². The lowest BCUT2D eigenvalue weighted by molar-refractivity contribution is -0.122. The molecular formula is C16H10Cl2N2O4. The first-order chi connectivity index (χ1) is 11.4. The molecule has 1 fully saturated rings. The van der Waals surface area contributed by atoms with E-state index in [4.69, 9.17) is 27.6 Å². The number of hydrogen-bond acceptors (Lipinski definition) is 4. The predicted octanol–water partition coefficient (Wildman–Crippen LogP) is 3.56. The van der Waals surface area contributed by atoms with Crippen LogP contribution < -0.4 is 10.2 Å². The highest BCUT2D eigenvalue weighted by molar-refractivity contribution is 6.46. The molecule has 1 saturated heterocycles. The van der Waals surface area contributed by atoms with E-state index >= 15 is 0 Å². The number of carbonyl (C=O) groups excluding carboxylic acids is 3. The number of rotatable bonds is 2. The highest BCUT2D eigenvalue weighted by Gasteiger charge is 2.38. The van der Waals surface area contributed by atoms with Gasteiger partial charge in [0.2, 0.25) is 0 Å². The normalized spacial score (nSPS) is 16.7. The van der Waals surface area contributed by atoms with E-state index < -0.39 is 17.8 Å². The number of imide groups is 2.